The number of carbonyl (C=O) groups excluding carboxylic acids is 1. The number of amides is 1. The molecule has 0 aliphatic carbocycles. The lowest BCUT2D eigenvalue weighted by Gasteiger charge is -2.12. The van der Waals surface area contributed by atoms with E-state index >= 15 is 0 Å². The van der Waals surface area contributed by atoms with E-state index in [-0.39, 0.29) is 5.91 Å². The number of imidazole rings is 1. The molecule has 0 saturated carbocycles. The van der Waals surface area contributed by atoms with Crippen molar-refractivity contribution in [1.29, 1.82) is 0 Å². The standard InChI is InChI=1S/C26H27N3O2/c1-18-7-6-8-21(14-18)26(30)27-17-25-28-23-9-4-5-10-24(23)29(25)11-12-31-22-15-19(2)13-20(3)16-22/h4-10,13-16H,11-12,17H2,1-3H3,(H,27,30). The SMILES string of the molecule is Cc1cc(C)cc(OCCn2c(CNC(=O)c3cccc(C)c3)nc3ccccc32)c1. The predicted molar refractivity (Wildman–Crippen MR) is 123 cm³/mol. The Morgan fingerprint density at radius 2 is 1.71 bits per heavy atom. The Labute approximate surface area is 182 Å². The third kappa shape index (κ3) is 4.94. The van der Waals surface area contributed by atoms with E-state index in [1.54, 1.807) is 0 Å². The van der Waals surface area contributed by atoms with Gasteiger partial charge in [0.05, 0.1) is 24.1 Å². The van der Waals surface area contributed by atoms with E-state index in [1.807, 2.05) is 67.6 Å². The second-order valence-corrected chi connectivity index (χ2v) is 7.89. The molecule has 0 aliphatic rings. The highest BCUT2D eigenvalue weighted by Gasteiger charge is 2.13. The number of para-hydroxylation sites is 2. The van der Waals surface area contributed by atoms with Crippen molar-refractivity contribution in [2.24, 2.45) is 0 Å². The quantitative estimate of drug-likeness (QED) is 0.465. The zero-order valence-corrected chi connectivity index (χ0v) is 18.2. The topological polar surface area (TPSA) is 56.1 Å². The van der Waals surface area contributed by atoms with Crippen molar-refractivity contribution in [3.05, 3.63) is 94.8 Å². The fourth-order valence-corrected chi connectivity index (χ4v) is 3.83. The van der Waals surface area contributed by atoms with Crippen LogP contribution in [0.25, 0.3) is 11.0 Å². The van der Waals surface area contributed by atoms with Gasteiger partial charge in [0.2, 0.25) is 0 Å². The second-order valence-electron chi connectivity index (χ2n) is 7.89. The van der Waals surface area contributed by atoms with Gasteiger partial charge in [-0.2, -0.15) is 0 Å². The Kier molecular flexibility index (Phi) is 6.03. The number of aryl methyl sites for hydroxylation is 3. The molecule has 4 aromatic rings. The number of aromatic nitrogens is 2. The van der Waals surface area contributed by atoms with Gasteiger partial charge in [0.25, 0.3) is 5.91 Å². The first-order valence-corrected chi connectivity index (χ1v) is 10.5. The first-order valence-electron chi connectivity index (χ1n) is 10.5. The summed E-state index contributed by atoms with van der Waals surface area (Å²) in [6.07, 6.45) is 0. The summed E-state index contributed by atoms with van der Waals surface area (Å²) in [5.41, 5.74) is 6.02. The molecule has 1 heterocycles. The second kappa shape index (κ2) is 9.04. The van der Waals surface area contributed by atoms with Crippen LogP contribution in [0.4, 0.5) is 0 Å². The summed E-state index contributed by atoms with van der Waals surface area (Å²) < 4.78 is 8.14. The van der Waals surface area contributed by atoms with Gasteiger partial charge in [0.1, 0.15) is 18.2 Å². The van der Waals surface area contributed by atoms with Crippen molar-refractivity contribution < 1.29 is 9.53 Å². The Morgan fingerprint density at radius 1 is 0.935 bits per heavy atom. The van der Waals surface area contributed by atoms with E-state index in [1.165, 1.54) is 11.1 Å². The predicted octanol–water partition coefficient (Wildman–Crippen LogP) is 4.97. The highest BCUT2D eigenvalue weighted by molar-refractivity contribution is 5.94. The van der Waals surface area contributed by atoms with Crippen molar-refractivity contribution in [2.45, 2.75) is 33.9 Å². The summed E-state index contributed by atoms with van der Waals surface area (Å²) in [6, 6.07) is 21.8. The van der Waals surface area contributed by atoms with Gasteiger partial charge in [-0.3, -0.25) is 4.79 Å². The molecule has 0 radical (unpaired) electrons. The molecular formula is C26H27N3O2. The summed E-state index contributed by atoms with van der Waals surface area (Å²) in [4.78, 5) is 17.3. The minimum atomic E-state index is -0.103. The third-order valence-electron chi connectivity index (χ3n) is 5.20. The molecule has 158 valence electrons. The van der Waals surface area contributed by atoms with Gasteiger partial charge >= 0.3 is 0 Å². The number of rotatable bonds is 7. The van der Waals surface area contributed by atoms with Gasteiger partial charge in [-0.05, 0) is 68.3 Å². The number of nitrogens with one attached hydrogen (secondary N) is 1. The van der Waals surface area contributed by atoms with Gasteiger partial charge in [0, 0.05) is 5.56 Å². The van der Waals surface area contributed by atoms with E-state index < -0.39 is 0 Å². The fraction of sp³-hybridized carbons (Fsp3) is 0.231. The maximum Gasteiger partial charge on any atom is 0.251 e. The molecule has 1 amide bonds. The van der Waals surface area contributed by atoms with Crippen LogP contribution in [0, 0.1) is 20.8 Å². The first kappa shape index (κ1) is 20.7. The average molecular weight is 414 g/mol. The van der Waals surface area contributed by atoms with Gasteiger partial charge < -0.3 is 14.6 Å². The Balaban J connectivity index is 1.49. The number of carbonyl (C=O) groups is 1. The Hall–Kier alpha value is -3.60. The number of benzene rings is 3. The van der Waals surface area contributed by atoms with E-state index in [0.29, 0.717) is 25.3 Å². The lowest BCUT2D eigenvalue weighted by Crippen LogP contribution is -2.25. The zero-order chi connectivity index (χ0) is 21.8. The Bertz CT molecular complexity index is 1210. The van der Waals surface area contributed by atoms with E-state index in [4.69, 9.17) is 9.72 Å². The van der Waals surface area contributed by atoms with Crippen molar-refractivity contribution in [1.82, 2.24) is 14.9 Å². The molecule has 5 heteroatoms. The highest BCUT2D eigenvalue weighted by atomic mass is 16.5. The summed E-state index contributed by atoms with van der Waals surface area (Å²) in [6.45, 7) is 7.62. The number of hydrogen-bond donors (Lipinski definition) is 1. The maximum absolute atomic E-state index is 12.6. The molecule has 0 bridgehead atoms. The lowest BCUT2D eigenvalue weighted by atomic mass is 10.1. The van der Waals surface area contributed by atoms with Crippen molar-refractivity contribution in [2.75, 3.05) is 6.61 Å². The van der Waals surface area contributed by atoms with Gasteiger partial charge in [-0.15, -0.1) is 0 Å². The van der Waals surface area contributed by atoms with Crippen LogP contribution in [-0.4, -0.2) is 22.1 Å². The molecule has 0 unspecified atom stereocenters. The minimum absolute atomic E-state index is 0.103. The smallest absolute Gasteiger partial charge is 0.251 e. The van der Waals surface area contributed by atoms with Crippen LogP contribution in [0.15, 0.2) is 66.7 Å². The number of nitrogens with zero attached hydrogens (tertiary/aromatic N) is 2. The minimum Gasteiger partial charge on any atom is -0.492 e. The molecule has 0 saturated heterocycles. The van der Waals surface area contributed by atoms with Crippen LogP contribution < -0.4 is 10.1 Å². The molecule has 31 heavy (non-hydrogen) atoms. The monoisotopic (exact) mass is 413 g/mol. The van der Waals surface area contributed by atoms with E-state index in [9.17, 15) is 4.79 Å². The maximum atomic E-state index is 12.6. The van der Waals surface area contributed by atoms with Gasteiger partial charge in [0.15, 0.2) is 0 Å². The Morgan fingerprint density at radius 3 is 2.48 bits per heavy atom. The van der Waals surface area contributed by atoms with Crippen LogP contribution >= 0.6 is 0 Å². The average Bonchev–Trinajstić information content (AvgIpc) is 3.09. The molecule has 0 aliphatic heterocycles. The van der Waals surface area contributed by atoms with E-state index in [0.717, 1.165) is 28.2 Å². The van der Waals surface area contributed by atoms with Crippen LogP contribution in [-0.2, 0) is 13.1 Å². The molecule has 1 aromatic heterocycles. The van der Waals surface area contributed by atoms with Crippen LogP contribution in [0.1, 0.15) is 32.9 Å². The van der Waals surface area contributed by atoms with Crippen LogP contribution in [0.5, 0.6) is 5.75 Å². The molecule has 4 rings (SSSR count). The molecule has 0 spiro atoms. The van der Waals surface area contributed by atoms with E-state index in [2.05, 4.69) is 29.8 Å². The van der Waals surface area contributed by atoms with Gasteiger partial charge in [-0.1, -0.05) is 35.9 Å². The highest BCUT2D eigenvalue weighted by Crippen LogP contribution is 2.19. The largest absolute Gasteiger partial charge is 0.492 e. The molecule has 3 aromatic carbocycles. The molecule has 0 atom stereocenters. The van der Waals surface area contributed by atoms with Crippen molar-refractivity contribution in [3.8, 4) is 5.75 Å². The number of hydrogen-bond acceptors (Lipinski definition) is 3. The summed E-state index contributed by atoms with van der Waals surface area (Å²) in [5, 5.41) is 3.00. The summed E-state index contributed by atoms with van der Waals surface area (Å²) >= 11 is 0. The van der Waals surface area contributed by atoms with Gasteiger partial charge in [-0.25, -0.2) is 4.98 Å². The molecule has 0 fully saturated rings. The lowest BCUT2D eigenvalue weighted by molar-refractivity contribution is 0.0949. The third-order valence-corrected chi connectivity index (χ3v) is 5.20. The molecule has 1 N–H and O–H groups in total. The fourth-order valence-electron chi connectivity index (χ4n) is 3.83. The first-order chi connectivity index (χ1) is 15.0. The normalized spacial score (nSPS) is 10.9. The van der Waals surface area contributed by atoms with Crippen molar-refractivity contribution in [3.63, 3.8) is 0 Å². The summed E-state index contributed by atoms with van der Waals surface area (Å²) in [7, 11) is 0. The van der Waals surface area contributed by atoms with Crippen LogP contribution in [0.3, 0.4) is 0 Å². The molecule has 5 nitrogen and oxygen atoms in total. The van der Waals surface area contributed by atoms with Crippen molar-refractivity contribution >= 4 is 16.9 Å². The molecular weight excluding hydrogens is 386 g/mol. The zero-order valence-electron chi connectivity index (χ0n) is 18.2. The number of fused-ring (bicyclic) bond motifs is 1. The number of ether oxygens (including phenoxy) is 1. The van der Waals surface area contributed by atoms with Crippen LogP contribution in [0.2, 0.25) is 0 Å². The summed E-state index contributed by atoms with van der Waals surface area (Å²) in [5.74, 6) is 1.58.